The van der Waals surface area contributed by atoms with Crippen LogP contribution in [-0.2, 0) is 0 Å². The second-order valence-corrected chi connectivity index (χ2v) is 5.02. The monoisotopic (exact) mass is 311 g/mol. The Balaban J connectivity index is 1.78. The highest BCUT2D eigenvalue weighted by atomic mass is 16.5. The van der Waals surface area contributed by atoms with E-state index in [4.69, 9.17) is 4.74 Å². The quantitative estimate of drug-likeness (QED) is 0.779. The van der Waals surface area contributed by atoms with Gasteiger partial charge in [-0.15, -0.1) is 5.10 Å². The van der Waals surface area contributed by atoms with Gasteiger partial charge in [-0.25, -0.2) is 9.50 Å². The third-order valence-corrected chi connectivity index (χ3v) is 3.35. The summed E-state index contributed by atoms with van der Waals surface area (Å²) in [4.78, 5) is 20.7. The van der Waals surface area contributed by atoms with Crippen molar-refractivity contribution >= 4 is 11.6 Å². The Hall–Kier alpha value is -2.96. The number of carbonyl (C=O) groups excluding carboxylic acids is 1. The highest BCUT2D eigenvalue weighted by Crippen LogP contribution is 2.13. The lowest BCUT2D eigenvalue weighted by atomic mass is 10.1. The van der Waals surface area contributed by atoms with Gasteiger partial charge in [-0.3, -0.25) is 9.78 Å². The lowest BCUT2D eigenvalue weighted by molar-refractivity contribution is 0.0935. The predicted octanol–water partition coefficient (Wildman–Crippen LogP) is 2.01. The lowest BCUT2D eigenvalue weighted by Crippen LogP contribution is -2.26. The summed E-state index contributed by atoms with van der Waals surface area (Å²) >= 11 is 0. The van der Waals surface area contributed by atoms with Crippen molar-refractivity contribution in [1.82, 2.24) is 24.9 Å². The minimum atomic E-state index is -0.259. The van der Waals surface area contributed by atoms with E-state index in [0.717, 1.165) is 5.56 Å². The van der Waals surface area contributed by atoms with E-state index in [-0.39, 0.29) is 11.9 Å². The summed E-state index contributed by atoms with van der Waals surface area (Å²) in [5.74, 6) is 0.234. The number of amides is 1. The van der Waals surface area contributed by atoms with E-state index in [1.807, 2.05) is 26.0 Å². The van der Waals surface area contributed by atoms with Crippen LogP contribution >= 0.6 is 0 Å². The van der Waals surface area contributed by atoms with Crippen molar-refractivity contribution in [2.45, 2.75) is 19.9 Å². The number of carbonyl (C=O) groups is 1. The summed E-state index contributed by atoms with van der Waals surface area (Å²) in [7, 11) is 0. The van der Waals surface area contributed by atoms with Gasteiger partial charge in [0, 0.05) is 18.5 Å². The second-order valence-electron chi connectivity index (χ2n) is 5.02. The van der Waals surface area contributed by atoms with E-state index in [2.05, 4.69) is 20.4 Å². The molecule has 1 amide bonds. The number of imidazole rings is 1. The molecule has 0 spiro atoms. The van der Waals surface area contributed by atoms with Crippen LogP contribution in [0.4, 0.5) is 0 Å². The molecule has 1 N–H and O–H groups in total. The number of hydrogen-bond donors (Lipinski definition) is 1. The van der Waals surface area contributed by atoms with Gasteiger partial charge in [0.25, 0.3) is 5.91 Å². The van der Waals surface area contributed by atoms with Gasteiger partial charge in [-0.05, 0) is 31.5 Å². The minimum Gasteiger partial charge on any atom is -0.477 e. The van der Waals surface area contributed by atoms with Gasteiger partial charge in [0.05, 0.1) is 18.8 Å². The third kappa shape index (κ3) is 3.28. The second kappa shape index (κ2) is 6.43. The van der Waals surface area contributed by atoms with Crippen molar-refractivity contribution in [2.24, 2.45) is 0 Å². The van der Waals surface area contributed by atoms with Crippen LogP contribution in [0.25, 0.3) is 5.65 Å². The molecule has 3 aromatic rings. The average molecular weight is 311 g/mol. The topological polar surface area (TPSA) is 81.4 Å². The summed E-state index contributed by atoms with van der Waals surface area (Å²) in [6, 6.07) is 7.08. The van der Waals surface area contributed by atoms with Crippen molar-refractivity contribution in [3.63, 3.8) is 0 Å². The molecule has 3 rings (SSSR count). The molecule has 0 aliphatic heterocycles. The fourth-order valence-electron chi connectivity index (χ4n) is 2.18. The van der Waals surface area contributed by atoms with Crippen LogP contribution in [-0.4, -0.2) is 32.1 Å². The molecule has 1 atom stereocenters. The molecule has 23 heavy (non-hydrogen) atoms. The molecule has 0 fully saturated rings. The summed E-state index contributed by atoms with van der Waals surface area (Å²) in [6.07, 6.45) is 5.01. The van der Waals surface area contributed by atoms with E-state index in [1.165, 1.54) is 4.52 Å². The number of ether oxygens (including phenoxy) is 1. The van der Waals surface area contributed by atoms with Crippen LogP contribution < -0.4 is 10.1 Å². The van der Waals surface area contributed by atoms with E-state index in [1.54, 1.807) is 30.7 Å². The van der Waals surface area contributed by atoms with Crippen LogP contribution in [0.3, 0.4) is 0 Å². The molecule has 3 heterocycles. The number of pyridine rings is 1. The molecular formula is C16H17N5O2. The molecule has 0 unspecified atom stereocenters. The Bertz CT molecular complexity index is 816. The number of nitrogens with zero attached hydrogens (tertiary/aromatic N) is 4. The van der Waals surface area contributed by atoms with Gasteiger partial charge >= 0.3 is 0 Å². The maximum Gasteiger partial charge on any atom is 0.272 e. The molecule has 0 aliphatic carbocycles. The smallest absolute Gasteiger partial charge is 0.272 e. The molecule has 0 aliphatic rings. The average Bonchev–Trinajstić information content (AvgIpc) is 2.99. The fraction of sp³-hybridized carbons (Fsp3) is 0.250. The molecule has 0 saturated heterocycles. The number of aromatic nitrogens is 4. The number of fused-ring (bicyclic) bond motifs is 1. The molecule has 118 valence electrons. The van der Waals surface area contributed by atoms with Crippen LogP contribution in [0, 0.1) is 0 Å². The molecule has 0 aromatic carbocycles. The summed E-state index contributed by atoms with van der Waals surface area (Å²) < 4.78 is 6.88. The van der Waals surface area contributed by atoms with Gasteiger partial charge in [-0.1, -0.05) is 6.07 Å². The first kappa shape index (κ1) is 15.0. The van der Waals surface area contributed by atoms with Crippen LogP contribution in [0.15, 0.2) is 42.9 Å². The highest BCUT2D eigenvalue weighted by molar-refractivity contribution is 5.93. The van der Waals surface area contributed by atoms with Crippen molar-refractivity contribution in [1.29, 1.82) is 0 Å². The normalized spacial score (nSPS) is 12.1. The van der Waals surface area contributed by atoms with E-state index in [0.29, 0.717) is 23.8 Å². The Kier molecular flexibility index (Phi) is 4.18. The van der Waals surface area contributed by atoms with Gasteiger partial charge in [0.15, 0.2) is 5.65 Å². The zero-order valence-electron chi connectivity index (χ0n) is 12.9. The Morgan fingerprint density at radius 1 is 1.39 bits per heavy atom. The zero-order chi connectivity index (χ0) is 16.2. The van der Waals surface area contributed by atoms with Crippen molar-refractivity contribution in [2.75, 3.05) is 6.61 Å². The minimum absolute atomic E-state index is 0.159. The molecule has 7 heteroatoms. The Morgan fingerprint density at radius 2 is 2.26 bits per heavy atom. The van der Waals surface area contributed by atoms with Crippen molar-refractivity contribution < 1.29 is 9.53 Å². The zero-order valence-corrected chi connectivity index (χ0v) is 12.9. The standard InChI is InChI=1S/C16H17N5O2/c1-3-23-15-7-6-14-19-13(10-21(14)20-15)16(22)18-11(2)12-5-4-8-17-9-12/h4-11H,3H2,1-2H3,(H,18,22)/t11-/m0/s1. The molecule has 7 nitrogen and oxygen atoms in total. The van der Waals surface area contributed by atoms with Crippen LogP contribution in [0.2, 0.25) is 0 Å². The largest absolute Gasteiger partial charge is 0.477 e. The maximum atomic E-state index is 12.3. The van der Waals surface area contributed by atoms with Gasteiger partial charge in [0.1, 0.15) is 5.69 Å². The first-order valence-electron chi connectivity index (χ1n) is 7.37. The van der Waals surface area contributed by atoms with Crippen LogP contribution in [0.1, 0.15) is 35.9 Å². The molecular weight excluding hydrogens is 294 g/mol. The summed E-state index contributed by atoms with van der Waals surface area (Å²) in [5, 5.41) is 7.15. The summed E-state index contributed by atoms with van der Waals surface area (Å²) in [5.41, 5.74) is 1.83. The van der Waals surface area contributed by atoms with Gasteiger partial charge in [0.2, 0.25) is 5.88 Å². The van der Waals surface area contributed by atoms with Crippen LogP contribution in [0.5, 0.6) is 5.88 Å². The Labute approximate surface area is 133 Å². The number of nitrogens with one attached hydrogen (secondary N) is 1. The molecule has 0 radical (unpaired) electrons. The fourth-order valence-corrected chi connectivity index (χ4v) is 2.18. The SMILES string of the molecule is CCOc1ccc2nc(C(=O)N[C@@H](C)c3cccnc3)cn2n1. The van der Waals surface area contributed by atoms with E-state index in [9.17, 15) is 4.79 Å². The van der Waals surface area contributed by atoms with E-state index >= 15 is 0 Å². The Morgan fingerprint density at radius 3 is 3.00 bits per heavy atom. The number of rotatable bonds is 5. The molecule has 3 aromatic heterocycles. The first-order chi connectivity index (χ1) is 11.2. The van der Waals surface area contributed by atoms with Crippen molar-refractivity contribution in [3.05, 3.63) is 54.1 Å². The lowest BCUT2D eigenvalue weighted by Gasteiger charge is -2.12. The van der Waals surface area contributed by atoms with Gasteiger partial charge < -0.3 is 10.1 Å². The van der Waals surface area contributed by atoms with E-state index < -0.39 is 0 Å². The first-order valence-corrected chi connectivity index (χ1v) is 7.37. The maximum absolute atomic E-state index is 12.3. The van der Waals surface area contributed by atoms with Gasteiger partial charge in [-0.2, -0.15) is 0 Å². The predicted molar refractivity (Wildman–Crippen MR) is 84.3 cm³/mol. The molecule has 0 saturated carbocycles. The highest BCUT2D eigenvalue weighted by Gasteiger charge is 2.15. The third-order valence-electron chi connectivity index (χ3n) is 3.35. The van der Waals surface area contributed by atoms with Crippen molar-refractivity contribution in [3.8, 4) is 5.88 Å². The number of hydrogen-bond acceptors (Lipinski definition) is 5. The molecule has 0 bridgehead atoms. The summed E-state index contributed by atoms with van der Waals surface area (Å²) in [6.45, 7) is 4.32.